The standard InChI is InChI=1S/C16H17FN6O3/c17-10-5-2-6-11(7-10)22-23-12(8-18)13(24)20-16(9-3-1-4-9)14(25)19-15(26)21-16/h2,5-9,18,22H,1,3-4H2,(H,20,24)(H2,19,21,25,26)/b18-8?,23-12+. The van der Waals surface area contributed by atoms with Crippen LogP contribution in [0.5, 0.6) is 0 Å². The molecule has 0 aromatic heterocycles. The van der Waals surface area contributed by atoms with E-state index in [9.17, 15) is 18.8 Å². The highest BCUT2D eigenvalue weighted by Crippen LogP contribution is 2.36. The number of carbonyl (C=O) groups excluding carboxylic acids is 3. The van der Waals surface area contributed by atoms with E-state index in [1.807, 2.05) is 0 Å². The summed E-state index contributed by atoms with van der Waals surface area (Å²) >= 11 is 0. The van der Waals surface area contributed by atoms with Crippen molar-refractivity contribution in [2.45, 2.75) is 24.9 Å². The average Bonchev–Trinajstić information content (AvgIpc) is 2.80. The van der Waals surface area contributed by atoms with Gasteiger partial charge in [-0.15, -0.1) is 0 Å². The Morgan fingerprint density at radius 3 is 2.69 bits per heavy atom. The molecule has 1 heterocycles. The quantitative estimate of drug-likeness (QED) is 0.290. The Hall–Kier alpha value is -3.30. The normalized spacial score (nSPS) is 22.9. The van der Waals surface area contributed by atoms with E-state index >= 15 is 0 Å². The van der Waals surface area contributed by atoms with Crippen molar-refractivity contribution in [3.05, 3.63) is 30.1 Å². The number of hydrogen-bond donors (Lipinski definition) is 5. The molecule has 1 aromatic carbocycles. The number of amides is 4. The Kier molecular flexibility index (Phi) is 4.65. The Morgan fingerprint density at radius 2 is 2.15 bits per heavy atom. The van der Waals surface area contributed by atoms with Crippen LogP contribution in [0, 0.1) is 17.1 Å². The number of benzene rings is 1. The molecular weight excluding hydrogens is 343 g/mol. The number of carbonyl (C=O) groups is 3. The van der Waals surface area contributed by atoms with Crippen molar-refractivity contribution >= 4 is 35.5 Å². The van der Waals surface area contributed by atoms with Gasteiger partial charge in [-0.25, -0.2) is 9.18 Å². The van der Waals surface area contributed by atoms with Crippen LogP contribution in [0.3, 0.4) is 0 Å². The summed E-state index contributed by atoms with van der Waals surface area (Å²) in [5, 5.41) is 18.2. The first-order valence-electron chi connectivity index (χ1n) is 8.00. The molecule has 1 aromatic rings. The lowest BCUT2D eigenvalue weighted by Gasteiger charge is -2.40. The molecule has 0 spiro atoms. The average molecular weight is 360 g/mol. The third kappa shape index (κ3) is 3.25. The van der Waals surface area contributed by atoms with E-state index < -0.39 is 29.3 Å². The van der Waals surface area contributed by atoms with Crippen LogP contribution in [0.25, 0.3) is 0 Å². The van der Waals surface area contributed by atoms with E-state index in [1.165, 1.54) is 24.3 Å². The van der Waals surface area contributed by atoms with E-state index in [1.54, 1.807) is 0 Å². The summed E-state index contributed by atoms with van der Waals surface area (Å²) in [6.07, 6.45) is 2.93. The molecule has 0 radical (unpaired) electrons. The van der Waals surface area contributed by atoms with E-state index in [0.717, 1.165) is 6.42 Å². The zero-order valence-corrected chi connectivity index (χ0v) is 13.6. The lowest BCUT2D eigenvalue weighted by atomic mass is 9.75. The number of nitrogens with zero attached hydrogens (tertiary/aromatic N) is 1. The Morgan fingerprint density at radius 1 is 1.38 bits per heavy atom. The molecule has 1 saturated heterocycles. The van der Waals surface area contributed by atoms with Crippen LogP contribution in [0.4, 0.5) is 14.9 Å². The summed E-state index contributed by atoms with van der Waals surface area (Å²) in [7, 11) is 0. The van der Waals surface area contributed by atoms with Crippen molar-refractivity contribution in [3.63, 3.8) is 0 Å². The molecule has 9 nitrogen and oxygen atoms in total. The molecule has 1 atom stereocenters. The molecule has 1 aliphatic carbocycles. The van der Waals surface area contributed by atoms with Gasteiger partial charge in [-0.2, -0.15) is 5.10 Å². The summed E-state index contributed by atoms with van der Waals surface area (Å²) in [6, 6.07) is 4.73. The van der Waals surface area contributed by atoms with Gasteiger partial charge in [0, 0.05) is 5.92 Å². The van der Waals surface area contributed by atoms with Crippen molar-refractivity contribution in [2.24, 2.45) is 11.0 Å². The van der Waals surface area contributed by atoms with Crippen LogP contribution >= 0.6 is 0 Å². The molecule has 3 rings (SSSR count). The minimum atomic E-state index is -1.55. The molecule has 1 unspecified atom stereocenters. The lowest BCUT2D eigenvalue weighted by Crippen LogP contribution is -2.67. The molecule has 0 bridgehead atoms. The van der Waals surface area contributed by atoms with Crippen LogP contribution in [0.15, 0.2) is 29.4 Å². The summed E-state index contributed by atoms with van der Waals surface area (Å²) in [6.45, 7) is 0. The largest absolute Gasteiger partial charge is 0.323 e. The van der Waals surface area contributed by atoms with Gasteiger partial charge >= 0.3 is 6.03 Å². The van der Waals surface area contributed by atoms with Crippen molar-refractivity contribution in [3.8, 4) is 0 Å². The third-order valence-electron chi connectivity index (χ3n) is 4.42. The van der Waals surface area contributed by atoms with Crippen LogP contribution in [-0.4, -0.2) is 35.4 Å². The first-order valence-corrected chi connectivity index (χ1v) is 8.00. The Bertz CT molecular complexity index is 807. The topological polar surface area (TPSA) is 136 Å². The summed E-state index contributed by atoms with van der Waals surface area (Å²) < 4.78 is 13.2. The number of anilines is 1. The van der Waals surface area contributed by atoms with Gasteiger partial charge in [0.1, 0.15) is 5.82 Å². The fourth-order valence-corrected chi connectivity index (χ4v) is 2.86. The van der Waals surface area contributed by atoms with Gasteiger partial charge in [0.15, 0.2) is 11.4 Å². The summed E-state index contributed by atoms with van der Waals surface area (Å²) in [5.41, 5.74) is 0.891. The van der Waals surface area contributed by atoms with Crippen molar-refractivity contribution < 1.29 is 18.8 Å². The molecule has 10 heteroatoms. The molecule has 5 N–H and O–H groups in total. The second kappa shape index (κ2) is 6.90. The van der Waals surface area contributed by atoms with Gasteiger partial charge < -0.3 is 16.0 Å². The van der Waals surface area contributed by atoms with Gasteiger partial charge in [-0.1, -0.05) is 12.5 Å². The van der Waals surface area contributed by atoms with Gasteiger partial charge in [-0.3, -0.25) is 20.3 Å². The second-order valence-corrected chi connectivity index (χ2v) is 6.06. The number of hydrazone groups is 1. The van der Waals surface area contributed by atoms with Crippen molar-refractivity contribution in [2.75, 3.05) is 5.43 Å². The fourth-order valence-electron chi connectivity index (χ4n) is 2.86. The molecule has 4 amide bonds. The van der Waals surface area contributed by atoms with Gasteiger partial charge in [0.05, 0.1) is 11.9 Å². The SMILES string of the molecule is N=C/C(=N\Nc1cccc(F)c1)C(=O)NC1(C2CCC2)NC(=O)NC1=O. The minimum absolute atomic E-state index is 0.235. The van der Waals surface area contributed by atoms with Gasteiger partial charge in [0.2, 0.25) is 0 Å². The zero-order chi connectivity index (χ0) is 18.7. The molecule has 26 heavy (non-hydrogen) atoms. The van der Waals surface area contributed by atoms with Crippen LogP contribution in [0.2, 0.25) is 0 Å². The maximum absolute atomic E-state index is 13.2. The predicted molar refractivity (Wildman–Crippen MR) is 91.1 cm³/mol. The van der Waals surface area contributed by atoms with E-state index in [4.69, 9.17) is 5.41 Å². The number of nitrogens with one attached hydrogen (secondary N) is 5. The van der Waals surface area contributed by atoms with Gasteiger partial charge in [-0.05, 0) is 31.0 Å². The number of urea groups is 1. The van der Waals surface area contributed by atoms with Crippen LogP contribution < -0.4 is 21.4 Å². The van der Waals surface area contributed by atoms with E-state index in [2.05, 4.69) is 26.5 Å². The zero-order valence-electron chi connectivity index (χ0n) is 13.6. The lowest BCUT2D eigenvalue weighted by molar-refractivity contribution is -0.133. The van der Waals surface area contributed by atoms with Crippen molar-refractivity contribution in [1.29, 1.82) is 5.41 Å². The fraction of sp³-hybridized carbons (Fsp3) is 0.312. The maximum atomic E-state index is 13.2. The number of imide groups is 1. The van der Waals surface area contributed by atoms with E-state index in [-0.39, 0.29) is 17.3 Å². The molecular formula is C16H17FN6O3. The maximum Gasteiger partial charge on any atom is 0.323 e. The first kappa shape index (κ1) is 17.5. The minimum Gasteiger partial charge on any atom is -0.320 e. The van der Waals surface area contributed by atoms with Crippen molar-refractivity contribution in [1.82, 2.24) is 16.0 Å². The van der Waals surface area contributed by atoms with E-state index in [0.29, 0.717) is 19.1 Å². The smallest absolute Gasteiger partial charge is 0.320 e. The predicted octanol–water partition coefficient (Wildman–Crippen LogP) is 0.695. The third-order valence-corrected chi connectivity index (χ3v) is 4.42. The molecule has 136 valence electrons. The van der Waals surface area contributed by atoms with Gasteiger partial charge in [0.25, 0.3) is 11.8 Å². The molecule has 1 saturated carbocycles. The number of halogens is 1. The number of rotatable bonds is 6. The molecule has 1 aliphatic heterocycles. The Labute approximate surface area is 147 Å². The molecule has 2 fully saturated rings. The highest BCUT2D eigenvalue weighted by Gasteiger charge is 2.55. The highest BCUT2D eigenvalue weighted by atomic mass is 19.1. The summed E-state index contributed by atoms with van der Waals surface area (Å²) in [4.78, 5) is 36.3. The highest BCUT2D eigenvalue weighted by molar-refractivity contribution is 6.60. The Balaban J connectivity index is 1.77. The summed E-state index contributed by atoms with van der Waals surface area (Å²) in [5.74, 6) is -2.17. The van der Waals surface area contributed by atoms with Crippen LogP contribution in [-0.2, 0) is 9.59 Å². The number of hydrogen-bond acceptors (Lipinski definition) is 6. The van der Waals surface area contributed by atoms with Crippen LogP contribution in [0.1, 0.15) is 19.3 Å². The first-order chi connectivity index (χ1) is 12.4. The molecule has 2 aliphatic rings. The monoisotopic (exact) mass is 360 g/mol. The second-order valence-electron chi connectivity index (χ2n) is 6.06.